The molecule has 2 aromatic carbocycles. The van der Waals surface area contributed by atoms with Crippen molar-refractivity contribution >= 4 is 15.7 Å². The SMILES string of the molecule is Cc1ccc(Cn2cc(NS(=O)(=O)c3ccc(C)cc3)cn2)cc1. The Labute approximate surface area is 142 Å². The number of benzene rings is 2. The third kappa shape index (κ3) is 3.83. The van der Waals surface area contributed by atoms with E-state index in [-0.39, 0.29) is 4.90 Å². The van der Waals surface area contributed by atoms with Crippen molar-refractivity contribution in [2.24, 2.45) is 0 Å². The topological polar surface area (TPSA) is 64.0 Å². The van der Waals surface area contributed by atoms with Crippen LogP contribution in [0.25, 0.3) is 0 Å². The number of hydrogen-bond donors (Lipinski definition) is 1. The molecule has 0 spiro atoms. The first kappa shape index (κ1) is 16.3. The Kier molecular flexibility index (Phi) is 4.40. The Morgan fingerprint density at radius 3 is 2.17 bits per heavy atom. The summed E-state index contributed by atoms with van der Waals surface area (Å²) in [6.45, 7) is 4.54. The number of aromatic nitrogens is 2. The van der Waals surface area contributed by atoms with Crippen LogP contribution in [-0.2, 0) is 16.6 Å². The largest absolute Gasteiger partial charge is 0.276 e. The van der Waals surface area contributed by atoms with Crippen LogP contribution in [0.1, 0.15) is 16.7 Å². The van der Waals surface area contributed by atoms with Gasteiger partial charge in [0.25, 0.3) is 10.0 Å². The highest BCUT2D eigenvalue weighted by Gasteiger charge is 2.14. The molecule has 3 rings (SSSR count). The van der Waals surface area contributed by atoms with Gasteiger partial charge in [0.15, 0.2) is 0 Å². The maximum Gasteiger partial charge on any atom is 0.261 e. The van der Waals surface area contributed by atoms with Gasteiger partial charge in [0, 0.05) is 6.20 Å². The molecule has 0 fully saturated rings. The van der Waals surface area contributed by atoms with Gasteiger partial charge in [0.2, 0.25) is 0 Å². The van der Waals surface area contributed by atoms with Gasteiger partial charge in [-0.25, -0.2) is 8.42 Å². The molecule has 24 heavy (non-hydrogen) atoms. The summed E-state index contributed by atoms with van der Waals surface area (Å²) < 4.78 is 29.0. The van der Waals surface area contributed by atoms with Crippen molar-refractivity contribution < 1.29 is 8.42 Å². The van der Waals surface area contributed by atoms with Crippen molar-refractivity contribution in [3.8, 4) is 0 Å². The van der Waals surface area contributed by atoms with Crippen molar-refractivity contribution in [2.75, 3.05) is 4.72 Å². The van der Waals surface area contributed by atoms with E-state index in [1.807, 2.05) is 38.1 Å². The average molecular weight is 341 g/mol. The van der Waals surface area contributed by atoms with E-state index in [0.717, 1.165) is 11.1 Å². The summed E-state index contributed by atoms with van der Waals surface area (Å²) in [7, 11) is -3.60. The van der Waals surface area contributed by atoms with Crippen LogP contribution < -0.4 is 4.72 Å². The van der Waals surface area contributed by atoms with Gasteiger partial charge < -0.3 is 0 Å². The lowest BCUT2D eigenvalue weighted by atomic mass is 10.1. The van der Waals surface area contributed by atoms with E-state index >= 15 is 0 Å². The maximum atomic E-state index is 12.4. The molecule has 1 heterocycles. The molecule has 0 atom stereocenters. The van der Waals surface area contributed by atoms with Crippen LogP contribution in [0.4, 0.5) is 5.69 Å². The lowest BCUT2D eigenvalue weighted by Crippen LogP contribution is -2.12. The zero-order valence-corrected chi connectivity index (χ0v) is 14.4. The second-order valence-electron chi connectivity index (χ2n) is 5.83. The first-order valence-corrected chi connectivity index (χ1v) is 9.08. The zero-order valence-electron chi connectivity index (χ0n) is 13.6. The lowest BCUT2D eigenvalue weighted by Gasteiger charge is -2.06. The molecule has 0 radical (unpaired) electrons. The number of hydrogen-bond acceptors (Lipinski definition) is 3. The molecule has 0 amide bonds. The summed E-state index contributed by atoms with van der Waals surface area (Å²) in [6.07, 6.45) is 3.20. The highest BCUT2D eigenvalue weighted by molar-refractivity contribution is 7.92. The Hall–Kier alpha value is -2.60. The van der Waals surface area contributed by atoms with Crippen molar-refractivity contribution in [2.45, 2.75) is 25.3 Å². The fourth-order valence-corrected chi connectivity index (χ4v) is 3.34. The van der Waals surface area contributed by atoms with E-state index in [1.165, 1.54) is 11.8 Å². The Morgan fingerprint density at radius 1 is 0.958 bits per heavy atom. The molecule has 1 aromatic heterocycles. The number of aryl methyl sites for hydroxylation is 2. The molecule has 6 heteroatoms. The molecule has 3 aromatic rings. The summed E-state index contributed by atoms with van der Waals surface area (Å²) >= 11 is 0. The normalized spacial score (nSPS) is 11.4. The Balaban J connectivity index is 1.73. The minimum absolute atomic E-state index is 0.236. The van der Waals surface area contributed by atoms with Crippen molar-refractivity contribution in [1.82, 2.24) is 9.78 Å². The molecule has 124 valence electrons. The third-order valence-corrected chi connectivity index (χ3v) is 5.08. The zero-order chi connectivity index (χ0) is 17.2. The molecule has 0 aliphatic carbocycles. The third-order valence-electron chi connectivity index (χ3n) is 3.68. The standard InChI is InChI=1S/C18H19N3O2S/c1-14-3-7-16(8-4-14)12-21-13-17(11-19-21)20-24(22,23)18-9-5-15(2)6-10-18/h3-11,13,20H,12H2,1-2H3. The second kappa shape index (κ2) is 6.49. The quantitative estimate of drug-likeness (QED) is 0.774. The smallest absolute Gasteiger partial charge is 0.261 e. The molecule has 0 aliphatic heterocycles. The first-order chi connectivity index (χ1) is 11.4. The van der Waals surface area contributed by atoms with Gasteiger partial charge >= 0.3 is 0 Å². The van der Waals surface area contributed by atoms with Crippen LogP contribution in [0.3, 0.4) is 0 Å². The highest BCUT2D eigenvalue weighted by Crippen LogP contribution is 2.16. The van der Waals surface area contributed by atoms with Gasteiger partial charge in [-0.15, -0.1) is 0 Å². The summed E-state index contributed by atoms with van der Waals surface area (Å²) in [5.41, 5.74) is 3.77. The fourth-order valence-electron chi connectivity index (χ4n) is 2.31. The van der Waals surface area contributed by atoms with E-state index in [2.05, 4.69) is 9.82 Å². The van der Waals surface area contributed by atoms with Crippen LogP contribution in [0, 0.1) is 13.8 Å². The van der Waals surface area contributed by atoms with E-state index < -0.39 is 10.0 Å². The van der Waals surface area contributed by atoms with Crippen LogP contribution in [0.15, 0.2) is 65.8 Å². The van der Waals surface area contributed by atoms with Crippen molar-refractivity contribution in [3.05, 3.63) is 77.6 Å². The molecule has 0 saturated heterocycles. The number of anilines is 1. The summed E-state index contributed by atoms with van der Waals surface area (Å²) in [5, 5.41) is 4.22. The first-order valence-electron chi connectivity index (χ1n) is 7.60. The van der Waals surface area contributed by atoms with Crippen LogP contribution in [0.2, 0.25) is 0 Å². The molecular weight excluding hydrogens is 322 g/mol. The summed E-state index contributed by atoms with van der Waals surface area (Å²) in [4.78, 5) is 0.236. The Morgan fingerprint density at radius 2 is 1.54 bits per heavy atom. The van der Waals surface area contributed by atoms with Gasteiger partial charge in [-0.3, -0.25) is 9.40 Å². The predicted molar refractivity (Wildman–Crippen MR) is 94.5 cm³/mol. The highest BCUT2D eigenvalue weighted by atomic mass is 32.2. The van der Waals surface area contributed by atoms with Crippen LogP contribution in [-0.4, -0.2) is 18.2 Å². The van der Waals surface area contributed by atoms with Gasteiger partial charge in [0.05, 0.1) is 23.3 Å². The molecule has 1 N–H and O–H groups in total. The minimum atomic E-state index is -3.60. The average Bonchev–Trinajstić information content (AvgIpc) is 2.96. The molecule has 0 aliphatic rings. The van der Waals surface area contributed by atoms with E-state index in [0.29, 0.717) is 12.2 Å². The van der Waals surface area contributed by atoms with Crippen molar-refractivity contribution in [1.29, 1.82) is 0 Å². The van der Waals surface area contributed by atoms with Crippen LogP contribution >= 0.6 is 0 Å². The number of nitrogens with one attached hydrogen (secondary N) is 1. The van der Waals surface area contributed by atoms with Gasteiger partial charge in [0.1, 0.15) is 0 Å². The van der Waals surface area contributed by atoms with Gasteiger partial charge in [-0.05, 0) is 31.5 Å². The number of sulfonamides is 1. The van der Waals surface area contributed by atoms with Crippen LogP contribution in [0.5, 0.6) is 0 Å². The van der Waals surface area contributed by atoms with E-state index in [4.69, 9.17) is 0 Å². The van der Waals surface area contributed by atoms with E-state index in [1.54, 1.807) is 35.1 Å². The second-order valence-corrected chi connectivity index (χ2v) is 7.51. The number of nitrogens with zero attached hydrogens (tertiary/aromatic N) is 2. The predicted octanol–water partition coefficient (Wildman–Crippen LogP) is 3.35. The molecule has 0 bridgehead atoms. The van der Waals surface area contributed by atoms with Gasteiger partial charge in [-0.1, -0.05) is 47.5 Å². The molecular formula is C18H19N3O2S. The summed E-state index contributed by atoms with van der Waals surface area (Å²) in [6, 6.07) is 14.9. The molecule has 5 nitrogen and oxygen atoms in total. The maximum absolute atomic E-state index is 12.4. The number of rotatable bonds is 5. The lowest BCUT2D eigenvalue weighted by molar-refractivity contribution is 0.601. The van der Waals surface area contributed by atoms with Gasteiger partial charge in [-0.2, -0.15) is 5.10 Å². The minimum Gasteiger partial charge on any atom is -0.276 e. The Bertz CT molecular complexity index is 927. The van der Waals surface area contributed by atoms with E-state index in [9.17, 15) is 8.42 Å². The van der Waals surface area contributed by atoms with Crippen molar-refractivity contribution in [3.63, 3.8) is 0 Å². The fraction of sp³-hybridized carbons (Fsp3) is 0.167. The molecule has 0 saturated carbocycles. The monoisotopic (exact) mass is 341 g/mol. The molecule has 0 unspecified atom stereocenters. The summed E-state index contributed by atoms with van der Waals surface area (Å²) in [5.74, 6) is 0.